The van der Waals surface area contributed by atoms with Gasteiger partial charge in [-0.05, 0) is 31.9 Å². The van der Waals surface area contributed by atoms with Gasteiger partial charge in [-0.2, -0.15) is 0 Å². The summed E-state index contributed by atoms with van der Waals surface area (Å²) in [7, 11) is 0. The molecule has 1 aliphatic rings. The molecule has 21 heavy (non-hydrogen) atoms. The van der Waals surface area contributed by atoms with Crippen molar-refractivity contribution in [1.82, 2.24) is 0 Å². The third kappa shape index (κ3) is 2.96. The molecule has 0 radical (unpaired) electrons. The third-order valence-electron chi connectivity index (χ3n) is 4.00. The number of hydrogen-bond donors (Lipinski definition) is 0. The predicted octanol–water partition coefficient (Wildman–Crippen LogP) is 3.20. The first-order valence-electron chi connectivity index (χ1n) is 7.14. The van der Waals surface area contributed by atoms with E-state index in [0.29, 0.717) is 12.8 Å². The van der Waals surface area contributed by atoms with Crippen LogP contribution < -0.4 is 0 Å². The van der Waals surface area contributed by atoms with Crippen LogP contribution in [-0.4, -0.2) is 18.4 Å². The van der Waals surface area contributed by atoms with Crippen LogP contribution in [0.25, 0.3) is 0 Å². The molecule has 0 saturated heterocycles. The number of carbonyl (C=O) groups excluding carboxylic acids is 2. The number of hydrogen-bond acceptors (Lipinski definition) is 3. The highest BCUT2D eigenvalue weighted by Gasteiger charge is 2.48. The molecule has 114 valence electrons. The number of rotatable bonds is 4. The van der Waals surface area contributed by atoms with Crippen molar-refractivity contribution in [3.63, 3.8) is 0 Å². The number of esters is 1. The Morgan fingerprint density at radius 3 is 2.52 bits per heavy atom. The van der Waals surface area contributed by atoms with Crippen LogP contribution in [0.2, 0.25) is 0 Å². The summed E-state index contributed by atoms with van der Waals surface area (Å²) in [6.45, 7) is 1.77. The Kier molecular flexibility index (Phi) is 4.70. The first-order valence-corrected chi connectivity index (χ1v) is 7.14. The van der Waals surface area contributed by atoms with Crippen molar-refractivity contribution in [3.05, 3.63) is 35.4 Å². The summed E-state index contributed by atoms with van der Waals surface area (Å²) in [6.07, 6.45) is 1.61. The number of Topliss-reactive ketones (excluding diaryl/α,β-unsaturated/α-hetero) is 1. The fraction of sp³-hybridized carbons (Fsp3) is 0.500. The molecule has 1 aliphatic carbocycles. The van der Waals surface area contributed by atoms with Crippen LogP contribution >= 0.6 is 0 Å². The van der Waals surface area contributed by atoms with E-state index in [0.717, 1.165) is 12.1 Å². The van der Waals surface area contributed by atoms with E-state index in [1.807, 2.05) is 0 Å². The molecule has 1 fully saturated rings. The monoisotopic (exact) mass is 296 g/mol. The Bertz CT molecular complexity index is 536. The molecular formula is C16H18F2O3. The van der Waals surface area contributed by atoms with Gasteiger partial charge in [0.25, 0.3) is 0 Å². The van der Waals surface area contributed by atoms with Gasteiger partial charge in [-0.25, -0.2) is 8.78 Å². The van der Waals surface area contributed by atoms with Crippen molar-refractivity contribution in [2.45, 2.75) is 39.0 Å². The van der Waals surface area contributed by atoms with E-state index < -0.39 is 23.0 Å². The van der Waals surface area contributed by atoms with Crippen LogP contribution in [0.1, 0.15) is 38.2 Å². The van der Waals surface area contributed by atoms with E-state index in [1.165, 1.54) is 6.07 Å². The lowest BCUT2D eigenvalue weighted by Crippen LogP contribution is -2.45. The summed E-state index contributed by atoms with van der Waals surface area (Å²) in [4.78, 5) is 24.6. The molecule has 0 N–H and O–H groups in total. The Morgan fingerprint density at radius 1 is 1.29 bits per heavy atom. The van der Waals surface area contributed by atoms with E-state index >= 15 is 0 Å². The van der Waals surface area contributed by atoms with Crippen LogP contribution in [-0.2, 0) is 20.7 Å². The van der Waals surface area contributed by atoms with Gasteiger partial charge in [0.1, 0.15) is 17.0 Å². The first kappa shape index (κ1) is 15.6. The quantitative estimate of drug-likeness (QED) is 0.633. The van der Waals surface area contributed by atoms with Gasteiger partial charge < -0.3 is 4.74 Å². The van der Waals surface area contributed by atoms with Crippen molar-refractivity contribution < 1.29 is 23.1 Å². The molecule has 0 aromatic heterocycles. The zero-order chi connectivity index (χ0) is 15.5. The van der Waals surface area contributed by atoms with Gasteiger partial charge in [-0.3, -0.25) is 9.59 Å². The standard InChI is InChI=1S/C16H18F2O3/c1-2-21-15(20)16(9-4-3-8-14(16)19)10-11-12(17)6-5-7-13(11)18/h5-7H,2-4,8-10H2,1H3. The zero-order valence-corrected chi connectivity index (χ0v) is 12.0. The Morgan fingerprint density at radius 2 is 1.95 bits per heavy atom. The molecule has 0 heterocycles. The molecule has 2 rings (SSSR count). The van der Waals surface area contributed by atoms with Crippen molar-refractivity contribution >= 4 is 11.8 Å². The summed E-state index contributed by atoms with van der Waals surface area (Å²) < 4.78 is 32.7. The zero-order valence-electron chi connectivity index (χ0n) is 12.0. The van der Waals surface area contributed by atoms with Gasteiger partial charge in [0.05, 0.1) is 6.61 Å². The average Bonchev–Trinajstić information content (AvgIpc) is 2.45. The molecule has 1 aromatic rings. The maximum atomic E-state index is 13.8. The van der Waals surface area contributed by atoms with E-state index in [9.17, 15) is 18.4 Å². The average molecular weight is 296 g/mol. The molecule has 3 nitrogen and oxygen atoms in total. The molecule has 1 saturated carbocycles. The van der Waals surface area contributed by atoms with Gasteiger partial charge >= 0.3 is 5.97 Å². The minimum absolute atomic E-state index is 0.133. The van der Waals surface area contributed by atoms with E-state index in [4.69, 9.17) is 4.74 Å². The second-order valence-electron chi connectivity index (χ2n) is 5.31. The second-order valence-corrected chi connectivity index (χ2v) is 5.31. The third-order valence-corrected chi connectivity index (χ3v) is 4.00. The van der Waals surface area contributed by atoms with Crippen LogP contribution in [0.15, 0.2) is 18.2 Å². The van der Waals surface area contributed by atoms with Crippen molar-refractivity contribution in [2.75, 3.05) is 6.61 Å². The predicted molar refractivity (Wildman–Crippen MR) is 72.6 cm³/mol. The van der Waals surface area contributed by atoms with Gasteiger partial charge in [0.15, 0.2) is 5.78 Å². The van der Waals surface area contributed by atoms with Crippen molar-refractivity contribution in [1.29, 1.82) is 0 Å². The number of benzene rings is 1. The summed E-state index contributed by atoms with van der Waals surface area (Å²) in [5.41, 5.74) is -1.67. The highest BCUT2D eigenvalue weighted by Crippen LogP contribution is 2.38. The largest absolute Gasteiger partial charge is 0.465 e. The molecule has 1 atom stereocenters. The fourth-order valence-electron chi connectivity index (χ4n) is 2.84. The van der Waals surface area contributed by atoms with E-state index in [2.05, 4.69) is 0 Å². The van der Waals surface area contributed by atoms with Gasteiger partial charge in [0.2, 0.25) is 0 Å². The summed E-state index contributed by atoms with van der Waals surface area (Å²) in [5.74, 6) is -2.43. The molecule has 0 aliphatic heterocycles. The minimum Gasteiger partial charge on any atom is -0.465 e. The lowest BCUT2D eigenvalue weighted by Gasteiger charge is -2.33. The van der Waals surface area contributed by atoms with Gasteiger partial charge in [-0.15, -0.1) is 0 Å². The summed E-state index contributed by atoms with van der Waals surface area (Å²) in [6, 6.07) is 3.52. The highest BCUT2D eigenvalue weighted by atomic mass is 19.1. The van der Waals surface area contributed by atoms with Crippen LogP contribution in [0.4, 0.5) is 8.78 Å². The lowest BCUT2D eigenvalue weighted by atomic mass is 9.69. The fourth-order valence-corrected chi connectivity index (χ4v) is 2.84. The van der Waals surface area contributed by atoms with Gasteiger partial charge in [0, 0.05) is 18.4 Å². The number of halogens is 2. The minimum atomic E-state index is -1.45. The second kappa shape index (κ2) is 6.33. The molecule has 1 aromatic carbocycles. The maximum Gasteiger partial charge on any atom is 0.319 e. The Labute approximate surface area is 122 Å². The smallest absolute Gasteiger partial charge is 0.319 e. The summed E-state index contributed by atoms with van der Waals surface area (Å²) >= 11 is 0. The Hall–Kier alpha value is -1.78. The molecule has 5 heteroatoms. The highest BCUT2D eigenvalue weighted by molar-refractivity contribution is 6.04. The van der Waals surface area contributed by atoms with Crippen LogP contribution in [0.5, 0.6) is 0 Å². The summed E-state index contributed by atoms with van der Waals surface area (Å²) in [5, 5.41) is 0. The molecular weight excluding hydrogens is 278 g/mol. The molecule has 0 bridgehead atoms. The van der Waals surface area contributed by atoms with Gasteiger partial charge in [-0.1, -0.05) is 12.5 Å². The first-order chi connectivity index (χ1) is 10.0. The van der Waals surface area contributed by atoms with Crippen LogP contribution in [0.3, 0.4) is 0 Å². The lowest BCUT2D eigenvalue weighted by molar-refractivity contribution is -0.162. The Balaban J connectivity index is 2.41. The van der Waals surface area contributed by atoms with Crippen molar-refractivity contribution in [3.8, 4) is 0 Å². The normalized spacial score (nSPS) is 22.1. The van der Waals surface area contributed by atoms with Crippen LogP contribution in [0, 0.1) is 17.0 Å². The maximum absolute atomic E-state index is 13.8. The number of carbonyl (C=O) groups is 2. The SMILES string of the molecule is CCOC(=O)C1(Cc2c(F)cccc2F)CCCCC1=O. The molecule has 1 unspecified atom stereocenters. The van der Waals surface area contributed by atoms with E-state index in [1.54, 1.807) is 6.92 Å². The number of ether oxygens (including phenoxy) is 1. The molecule has 0 amide bonds. The van der Waals surface area contributed by atoms with Crippen molar-refractivity contribution in [2.24, 2.45) is 5.41 Å². The number of ketones is 1. The van der Waals surface area contributed by atoms with E-state index in [-0.39, 0.29) is 37.2 Å². The molecule has 0 spiro atoms. The topological polar surface area (TPSA) is 43.4 Å².